The zero-order valence-electron chi connectivity index (χ0n) is 16.8. The van der Waals surface area contributed by atoms with Crippen LogP contribution in [0.4, 0.5) is 0 Å². The van der Waals surface area contributed by atoms with Gasteiger partial charge in [0.15, 0.2) is 5.82 Å². The second kappa shape index (κ2) is 5.96. The van der Waals surface area contributed by atoms with Gasteiger partial charge in [-0.1, -0.05) is 6.07 Å². The van der Waals surface area contributed by atoms with Crippen molar-refractivity contribution in [2.45, 2.75) is 56.5 Å². The van der Waals surface area contributed by atoms with Crippen LogP contribution in [0.3, 0.4) is 0 Å². The average molecular weight is 405 g/mol. The van der Waals surface area contributed by atoms with Crippen molar-refractivity contribution in [3.63, 3.8) is 0 Å². The molecule has 0 radical (unpaired) electrons. The molecular weight excluding hydrogens is 382 g/mol. The van der Waals surface area contributed by atoms with Crippen LogP contribution in [0.15, 0.2) is 35.4 Å². The highest BCUT2D eigenvalue weighted by molar-refractivity contribution is 5.94. The lowest BCUT2D eigenvalue weighted by Crippen LogP contribution is -2.66. The Labute approximate surface area is 172 Å². The summed E-state index contributed by atoms with van der Waals surface area (Å²) in [5.74, 6) is 1.37. The highest BCUT2D eigenvalue weighted by atomic mass is 16.2. The zero-order chi connectivity index (χ0) is 20.5. The monoisotopic (exact) mass is 405 g/mol. The first-order chi connectivity index (χ1) is 14.5. The number of amides is 1. The molecule has 1 amide bonds. The maximum atomic E-state index is 13.2. The number of nitrogens with zero attached hydrogens (tertiary/aromatic N) is 6. The SMILES string of the molecule is Cc1nnn(C23CC4CC(CC(NC(=O)c5cnc6ccccn6c5=O)(C4)C2)C3)n1. The Morgan fingerprint density at radius 1 is 1.20 bits per heavy atom. The molecule has 4 bridgehead atoms. The van der Waals surface area contributed by atoms with Gasteiger partial charge in [-0.05, 0) is 74.6 Å². The van der Waals surface area contributed by atoms with Crippen LogP contribution in [0.25, 0.3) is 5.65 Å². The van der Waals surface area contributed by atoms with Crippen molar-refractivity contribution in [2.24, 2.45) is 11.8 Å². The van der Waals surface area contributed by atoms with Crippen molar-refractivity contribution in [2.75, 3.05) is 0 Å². The quantitative estimate of drug-likeness (QED) is 0.707. The Hall–Kier alpha value is -3.10. The second-order valence-corrected chi connectivity index (χ2v) is 9.45. The minimum Gasteiger partial charge on any atom is -0.346 e. The van der Waals surface area contributed by atoms with Crippen LogP contribution in [0.5, 0.6) is 0 Å². The van der Waals surface area contributed by atoms with Gasteiger partial charge in [0.05, 0.1) is 5.54 Å². The lowest BCUT2D eigenvalue weighted by molar-refractivity contribution is -0.0811. The van der Waals surface area contributed by atoms with E-state index in [9.17, 15) is 9.59 Å². The number of hydrogen-bond donors (Lipinski definition) is 1. The molecule has 0 spiro atoms. The lowest BCUT2D eigenvalue weighted by Gasteiger charge is -2.61. The van der Waals surface area contributed by atoms with E-state index in [0.29, 0.717) is 23.3 Å². The molecule has 7 rings (SSSR count). The fourth-order valence-corrected chi connectivity index (χ4v) is 6.57. The van der Waals surface area contributed by atoms with Gasteiger partial charge < -0.3 is 5.32 Å². The molecule has 9 heteroatoms. The third kappa shape index (κ3) is 2.54. The first-order valence-electron chi connectivity index (χ1n) is 10.5. The molecule has 0 aliphatic heterocycles. The summed E-state index contributed by atoms with van der Waals surface area (Å²) >= 11 is 0. The van der Waals surface area contributed by atoms with E-state index in [1.54, 1.807) is 23.1 Å². The summed E-state index contributed by atoms with van der Waals surface area (Å²) in [5, 5.41) is 16.2. The van der Waals surface area contributed by atoms with Gasteiger partial charge in [0.2, 0.25) is 0 Å². The number of pyridine rings is 1. The van der Waals surface area contributed by atoms with Gasteiger partial charge >= 0.3 is 0 Å². The van der Waals surface area contributed by atoms with Crippen molar-refractivity contribution in [3.8, 4) is 0 Å². The van der Waals surface area contributed by atoms with Crippen molar-refractivity contribution in [1.82, 2.24) is 34.9 Å². The summed E-state index contributed by atoms with van der Waals surface area (Å²) < 4.78 is 1.41. The molecule has 0 aromatic carbocycles. The van der Waals surface area contributed by atoms with Crippen LogP contribution in [0, 0.1) is 18.8 Å². The van der Waals surface area contributed by atoms with E-state index in [0.717, 1.165) is 32.1 Å². The minimum absolute atomic E-state index is 0.0817. The number of nitrogens with one attached hydrogen (secondary N) is 1. The fourth-order valence-electron chi connectivity index (χ4n) is 6.57. The van der Waals surface area contributed by atoms with Gasteiger partial charge in [0.25, 0.3) is 11.5 Å². The number of carbonyl (C=O) groups excluding carboxylic acids is 1. The normalized spacial score (nSPS) is 31.9. The van der Waals surface area contributed by atoms with Gasteiger partial charge in [-0.2, -0.15) is 4.80 Å². The lowest BCUT2D eigenvalue weighted by atomic mass is 9.50. The van der Waals surface area contributed by atoms with E-state index in [2.05, 4.69) is 25.7 Å². The third-order valence-electron chi connectivity index (χ3n) is 7.20. The standard InChI is InChI=1S/C21H23N7O2/c1-13-24-26-28(25-13)21-9-14-6-15(10-21)8-20(7-14,12-21)23-18(29)16-11-22-17-4-2-3-5-27(17)19(16)30/h2-5,11,14-15H,6-10,12H2,1H3,(H,23,29). The largest absolute Gasteiger partial charge is 0.346 e. The van der Waals surface area contributed by atoms with Crippen molar-refractivity contribution >= 4 is 11.6 Å². The number of carbonyl (C=O) groups is 1. The fraction of sp³-hybridized carbons (Fsp3) is 0.524. The first-order valence-corrected chi connectivity index (χ1v) is 10.5. The van der Waals surface area contributed by atoms with Crippen LogP contribution in [-0.4, -0.2) is 41.0 Å². The Bertz CT molecular complexity index is 1220. The number of hydrogen-bond acceptors (Lipinski definition) is 6. The van der Waals surface area contributed by atoms with E-state index in [1.807, 2.05) is 13.0 Å². The predicted octanol–water partition coefficient (Wildman–Crippen LogP) is 1.47. The number of fused-ring (bicyclic) bond motifs is 1. The molecule has 0 saturated heterocycles. The average Bonchev–Trinajstić information content (AvgIpc) is 3.14. The smallest absolute Gasteiger partial charge is 0.270 e. The van der Waals surface area contributed by atoms with E-state index in [-0.39, 0.29) is 28.1 Å². The van der Waals surface area contributed by atoms with Crippen molar-refractivity contribution in [3.05, 3.63) is 52.3 Å². The summed E-state index contributed by atoms with van der Waals surface area (Å²) in [6, 6.07) is 5.32. The minimum atomic E-state index is -0.342. The Kier molecular flexibility index (Phi) is 3.52. The van der Waals surface area contributed by atoms with E-state index < -0.39 is 0 Å². The molecule has 4 aliphatic carbocycles. The molecule has 3 aromatic heterocycles. The van der Waals surface area contributed by atoms with Crippen LogP contribution in [-0.2, 0) is 5.54 Å². The van der Waals surface area contributed by atoms with Gasteiger partial charge in [-0.15, -0.1) is 10.2 Å². The molecule has 9 nitrogen and oxygen atoms in total. The summed E-state index contributed by atoms with van der Waals surface area (Å²) in [6.07, 6.45) is 8.92. The molecule has 4 aliphatic rings. The Balaban J connectivity index is 1.35. The Morgan fingerprint density at radius 2 is 2.00 bits per heavy atom. The van der Waals surface area contributed by atoms with E-state index in [1.165, 1.54) is 17.0 Å². The molecule has 2 unspecified atom stereocenters. The highest BCUT2D eigenvalue weighted by Gasteiger charge is 2.60. The van der Waals surface area contributed by atoms with Crippen LogP contribution in [0.2, 0.25) is 0 Å². The molecule has 3 heterocycles. The van der Waals surface area contributed by atoms with Crippen LogP contribution in [0.1, 0.15) is 54.7 Å². The van der Waals surface area contributed by atoms with Gasteiger partial charge in [0, 0.05) is 17.9 Å². The molecule has 2 atom stereocenters. The molecule has 154 valence electrons. The number of aromatic nitrogens is 6. The molecule has 1 N–H and O–H groups in total. The summed E-state index contributed by atoms with van der Waals surface area (Å²) in [6.45, 7) is 1.85. The van der Waals surface area contributed by atoms with E-state index in [4.69, 9.17) is 0 Å². The number of rotatable bonds is 3. The summed E-state index contributed by atoms with van der Waals surface area (Å²) in [4.78, 5) is 32.2. The maximum Gasteiger partial charge on any atom is 0.270 e. The van der Waals surface area contributed by atoms with E-state index >= 15 is 0 Å². The summed E-state index contributed by atoms with van der Waals surface area (Å²) in [5.41, 5.74) is -0.273. The number of tetrazole rings is 1. The van der Waals surface area contributed by atoms with Gasteiger partial charge in [-0.3, -0.25) is 14.0 Å². The van der Waals surface area contributed by atoms with Crippen molar-refractivity contribution in [1.29, 1.82) is 0 Å². The molecular formula is C21H23N7O2. The predicted molar refractivity (Wildman–Crippen MR) is 107 cm³/mol. The van der Waals surface area contributed by atoms with Crippen LogP contribution >= 0.6 is 0 Å². The molecule has 4 fully saturated rings. The van der Waals surface area contributed by atoms with Gasteiger partial charge in [0.1, 0.15) is 11.2 Å². The van der Waals surface area contributed by atoms with Crippen LogP contribution < -0.4 is 10.9 Å². The van der Waals surface area contributed by atoms with Gasteiger partial charge in [-0.25, -0.2) is 4.98 Å². The topological polar surface area (TPSA) is 107 Å². The molecule has 4 saturated carbocycles. The molecule has 3 aromatic rings. The Morgan fingerprint density at radius 3 is 2.73 bits per heavy atom. The second-order valence-electron chi connectivity index (χ2n) is 9.45. The molecule has 30 heavy (non-hydrogen) atoms. The summed E-state index contributed by atoms with van der Waals surface area (Å²) in [7, 11) is 0. The first kappa shape index (κ1) is 17.7. The maximum absolute atomic E-state index is 13.2. The zero-order valence-corrected chi connectivity index (χ0v) is 16.8. The van der Waals surface area contributed by atoms with Crippen molar-refractivity contribution < 1.29 is 4.79 Å². The highest BCUT2D eigenvalue weighted by Crippen LogP contribution is 2.60. The third-order valence-corrected chi connectivity index (χ3v) is 7.20. The number of aryl methyl sites for hydroxylation is 1.